The van der Waals surface area contributed by atoms with E-state index in [-0.39, 0.29) is 0 Å². The second-order valence-corrected chi connectivity index (χ2v) is 12.6. The molecule has 0 aliphatic heterocycles. The number of imidazole rings is 1. The maximum atomic E-state index is 6.82. The molecule has 0 unspecified atom stereocenters. The molecule has 0 spiro atoms. The summed E-state index contributed by atoms with van der Waals surface area (Å²) in [6.07, 6.45) is 4.37. The molecule has 0 aliphatic carbocycles. The van der Waals surface area contributed by atoms with E-state index in [0.29, 0.717) is 11.8 Å². The third-order valence-electron chi connectivity index (χ3n) is 8.98. The van der Waals surface area contributed by atoms with Gasteiger partial charge in [-0.05, 0) is 58.7 Å². The summed E-state index contributed by atoms with van der Waals surface area (Å²) in [5, 5.41) is 2.28. The Kier molecular flexibility index (Phi) is 6.97. The lowest BCUT2D eigenvalue weighted by Gasteiger charge is -2.18. The first kappa shape index (κ1) is 27.9. The van der Waals surface area contributed by atoms with Crippen LogP contribution in [0.3, 0.4) is 0 Å². The third kappa shape index (κ3) is 4.64. The van der Waals surface area contributed by atoms with Crippen molar-refractivity contribution in [1.29, 1.82) is 0 Å². The molecule has 2 aromatic heterocycles. The lowest BCUT2D eigenvalue weighted by atomic mass is 9.92. The van der Waals surface area contributed by atoms with Gasteiger partial charge in [-0.2, -0.15) is 4.57 Å². The van der Waals surface area contributed by atoms with Gasteiger partial charge in [0.25, 0.3) is 5.82 Å². The molecule has 44 heavy (non-hydrogen) atoms. The number of nitrogens with zero attached hydrogens (tertiary/aromatic N) is 2. The molecule has 0 saturated heterocycles. The topological polar surface area (TPSA) is 21.9 Å². The molecule has 0 aliphatic rings. The molecule has 0 atom stereocenters. The lowest BCUT2D eigenvalue weighted by Crippen LogP contribution is -2.29. The Morgan fingerprint density at radius 2 is 1.23 bits per heavy atom. The summed E-state index contributed by atoms with van der Waals surface area (Å²) in [6.45, 7) is 11.3. The number of aryl methyl sites for hydroxylation is 2. The van der Waals surface area contributed by atoms with Crippen LogP contribution in [0.2, 0.25) is 0 Å². The average molecular weight is 576 g/mol. The molecular formula is C41H39N2O+. The van der Waals surface area contributed by atoms with Crippen molar-refractivity contribution in [2.75, 3.05) is 0 Å². The van der Waals surface area contributed by atoms with Gasteiger partial charge in [0, 0.05) is 21.9 Å². The Morgan fingerprint density at radius 1 is 0.636 bits per heavy atom. The normalized spacial score (nSPS) is 11.8. The summed E-state index contributed by atoms with van der Waals surface area (Å²) in [4.78, 5) is 0. The smallest absolute Gasteiger partial charge is 0.297 e. The molecule has 0 amide bonds. The minimum absolute atomic E-state index is 0.396. The number of para-hydroxylation sites is 1. The zero-order chi connectivity index (χ0) is 30.5. The molecule has 0 N–H and O–H groups in total. The Morgan fingerprint density at radius 3 is 1.89 bits per heavy atom. The van der Waals surface area contributed by atoms with Crippen molar-refractivity contribution < 1.29 is 8.98 Å². The van der Waals surface area contributed by atoms with Crippen LogP contribution in [0, 0.1) is 6.92 Å². The van der Waals surface area contributed by atoms with E-state index in [9.17, 15) is 0 Å². The van der Waals surface area contributed by atoms with Gasteiger partial charge in [-0.3, -0.25) is 0 Å². The predicted molar refractivity (Wildman–Crippen MR) is 183 cm³/mol. The summed E-state index contributed by atoms with van der Waals surface area (Å²) < 4.78 is 11.4. The van der Waals surface area contributed by atoms with Gasteiger partial charge in [-0.15, -0.1) is 0 Å². The molecule has 0 bridgehead atoms. The molecule has 218 valence electrons. The van der Waals surface area contributed by atoms with Gasteiger partial charge < -0.3 is 4.42 Å². The summed E-state index contributed by atoms with van der Waals surface area (Å²) in [6, 6.07) is 37.1. The van der Waals surface area contributed by atoms with Crippen molar-refractivity contribution in [2.24, 2.45) is 7.05 Å². The molecule has 5 aromatic carbocycles. The highest BCUT2D eigenvalue weighted by molar-refractivity contribution is 6.10. The van der Waals surface area contributed by atoms with Gasteiger partial charge in [-0.1, -0.05) is 119 Å². The van der Waals surface area contributed by atoms with E-state index in [1.807, 2.05) is 0 Å². The van der Waals surface area contributed by atoms with E-state index in [4.69, 9.17) is 4.42 Å². The lowest BCUT2D eigenvalue weighted by molar-refractivity contribution is -0.659. The first-order chi connectivity index (χ1) is 21.3. The number of rotatable bonds is 6. The maximum Gasteiger partial charge on any atom is 0.297 e. The quantitative estimate of drug-likeness (QED) is 0.181. The standard InChI is InChI=1S/C41H39N2O/c1-26(2)33-13-10-14-34(27(3)4)39(33)43-24-23-42(6)41(43)38-28(5)15-21-36-35-22-20-32(25-37(35)44-40(36)38)31-18-16-30(17-19-31)29-11-8-7-9-12-29/h7-27H,1-6H3/q+1. The highest BCUT2D eigenvalue weighted by Crippen LogP contribution is 2.40. The van der Waals surface area contributed by atoms with Gasteiger partial charge in [-0.25, -0.2) is 4.57 Å². The van der Waals surface area contributed by atoms with Crippen LogP contribution in [0.15, 0.2) is 120 Å². The molecule has 7 aromatic rings. The highest BCUT2D eigenvalue weighted by atomic mass is 16.3. The van der Waals surface area contributed by atoms with Crippen LogP contribution >= 0.6 is 0 Å². The van der Waals surface area contributed by atoms with Crippen LogP contribution in [0.5, 0.6) is 0 Å². The second-order valence-electron chi connectivity index (χ2n) is 12.6. The predicted octanol–water partition coefficient (Wildman–Crippen LogP) is 10.8. The van der Waals surface area contributed by atoms with E-state index in [0.717, 1.165) is 38.9 Å². The van der Waals surface area contributed by atoms with Crippen LogP contribution in [0.25, 0.3) is 61.3 Å². The first-order valence-electron chi connectivity index (χ1n) is 15.6. The fourth-order valence-electron chi connectivity index (χ4n) is 6.63. The minimum atomic E-state index is 0.396. The van der Waals surface area contributed by atoms with Gasteiger partial charge in [0.1, 0.15) is 29.2 Å². The van der Waals surface area contributed by atoms with Crippen molar-refractivity contribution >= 4 is 21.9 Å². The van der Waals surface area contributed by atoms with Crippen LogP contribution in [0.4, 0.5) is 0 Å². The zero-order valence-corrected chi connectivity index (χ0v) is 26.4. The highest BCUT2D eigenvalue weighted by Gasteiger charge is 2.29. The van der Waals surface area contributed by atoms with Crippen molar-refractivity contribution in [3.8, 4) is 39.3 Å². The Labute approximate surface area is 260 Å². The van der Waals surface area contributed by atoms with Crippen LogP contribution in [-0.2, 0) is 7.05 Å². The van der Waals surface area contributed by atoms with Crippen molar-refractivity contribution in [3.05, 3.63) is 132 Å². The Balaban J connectivity index is 1.39. The van der Waals surface area contributed by atoms with Gasteiger partial charge in [0.05, 0.1) is 7.05 Å². The van der Waals surface area contributed by atoms with Crippen LogP contribution in [-0.4, -0.2) is 4.57 Å². The van der Waals surface area contributed by atoms with Gasteiger partial charge in [0.2, 0.25) is 0 Å². The number of fused-ring (bicyclic) bond motifs is 3. The monoisotopic (exact) mass is 575 g/mol. The molecule has 0 fully saturated rings. The number of hydrogen-bond acceptors (Lipinski definition) is 1. The van der Waals surface area contributed by atoms with E-state index in [1.165, 1.54) is 39.1 Å². The fourth-order valence-corrected chi connectivity index (χ4v) is 6.63. The minimum Gasteiger partial charge on any atom is -0.455 e. The Hall–Kier alpha value is -4.89. The molecular weight excluding hydrogens is 536 g/mol. The van der Waals surface area contributed by atoms with Crippen molar-refractivity contribution in [2.45, 2.75) is 46.5 Å². The van der Waals surface area contributed by atoms with E-state index in [2.05, 4.69) is 166 Å². The third-order valence-corrected chi connectivity index (χ3v) is 8.98. The molecule has 7 rings (SSSR count). The summed E-state index contributed by atoms with van der Waals surface area (Å²) in [7, 11) is 2.14. The number of benzene rings is 5. The average Bonchev–Trinajstić information content (AvgIpc) is 3.60. The molecule has 2 heterocycles. The molecule has 0 radical (unpaired) electrons. The Bertz CT molecular complexity index is 2100. The SMILES string of the molecule is Cc1ccc2c(oc3cc(-c4ccc(-c5ccccc5)cc4)ccc32)c1-c1n(-c2c(C(C)C)cccc2C(C)C)cc[n+]1C. The van der Waals surface area contributed by atoms with E-state index < -0.39 is 0 Å². The van der Waals surface area contributed by atoms with Crippen molar-refractivity contribution in [3.63, 3.8) is 0 Å². The summed E-state index contributed by atoms with van der Waals surface area (Å²) in [5.41, 5.74) is 12.9. The van der Waals surface area contributed by atoms with Crippen molar-refractivity contribution in [1.82, 2.24) is 4.57 Å². The molecule has 3 nitrogen and oxygen atoms in total. The number of furan rings is 1. The largest absolute Gasteiger partial charge is 0.455 e. The zero-order valence-electron chi connectivity index (χ0n) is 26.4. The first-order valence-corrected chi connectivity index (χ1v) is 15.6. The van der Waals surface area contributed by atoms with Gasteiger partial charge in [0.15, 0.2) is 5.58 Å². The van der Waals surface area contributed by atoms with Crippen LogP contribution in [0.1, 0.15) is 56.2 Å². The van der Waals surface area contributed by atoms with E-state index >= 15 is 0 Å². The fraction of sp³-hybridized carbons (Fsp3) is 0.195. The maximum absolute atomic E-state index is 6.82. The second kappa shape index (κ2) is 11.0. The molecule has 0 saturated carbocycles. The summed E-state index contributed by atoms with van der Waals surface area (Å²) in [5.74, 6) is 1.92. The number of aromatic nitrogens is 2. The summed E-state index contributed by atoms with van der Waals surface area (Å²) >= 11 is 0. The van der Waals surface area contributed by atoms with Gasteiger partial charge >= 0.3 is 0 Å². The van der Waals surface area contributed by atoms with Crippen LogP contribution < -0.4 is 4.57 Å². The number of hydrogen-bond donors (Lipinski definition) is 0. The van der Waals surface area contributed by atoms with E-state index in [1.54, 1.807) is 0 Å². The molecule has 3 heteroatoms.